The first-order valence-electron chi connectivity index (χ1n) is 7.31. The molecule has 1 amide bonds. The second-order valence-corrected chi connectivity index (χ2v) is 5.13. The molecule has 1 aliphatic rings. The van der Waals surface area contributed by atoms with Crippen molar-refractivity contribution in [3.8, 4) is 5.75 Å². The number of amides is 1. The maximum atomic E-state index is 12.3. The van der Waals surface area contributed by atoms with Crippen molar-refractivity contribution in [3.63, 3.8) is 0 Å². The zero-order valence-electron chi connectivity index (χ0n) is 12.7. The van der Waals surface area contributed by atoms with Gasteiger partial charge in [0.1, 0.15) is 5.75 Å². The van der Waals surface area contributed by atoms with Crippen LogP contribution in [0, 0.1) is 0 Å². The number of benzene rings is 1. The van der Waals surface area contributed by atoms with Crippen molar-refractivity contribution >= 4 is 5.91 Å². The van der Waals surface area contributed by atoms with Gasteiger partial charge in [-0.05, 0) is 25.5 Å². The molecule has 1 aromatic rings. The third kappa shape index (κ3) is 4.72. The lowest BCUT2D eigenvalue weighted by atomic mass is 10.3. The van der Waals surface area contributed by atoms with Gasteiger partial charge in [-0.25, -0.2) is 0 Å². The number of para-hydroxylation sites is 1. The van der Waals surface area contributed by atoms with E-state index in [1.54, 1.807) is 14.0 Å². The minimum absolute atomic E-state index is 0.0108. The molecule has 2 atom stereocenters. The molecular weight excluding hydrogens is 270 g/mol. The highest BCUT2D eigenvalue weighted by Gasteiger charge is 2.30. The summed E-state index contributed by atoms with van der Waals surface area (Å²) in [4.78, 5) is 14.2. The molecule has 0 N–H and O–H groups in total. The Bertz CT molecular complexity index is 437. The van der Waals surface area contributed by atoms with E-state index in [4.69, 9.17) is 14.2 Å². The number of likely N-dealkylation sites (tertiary alicyclic amines) is 1. The van der Waals surface area contributed by atoms with E-state index in [9.17, 15) is 4.79 Å². The number of methoxy groups -OCH3 is 1. The van der Waals surface area contributed by atoms with Gasteiger partial charge in [0.2, 0.25) is 0 Å². The minimum Gasteiger partial charge on any atom is -0.481 e. The third-order valence-corrected chi connectivity index (χ3v) is 3.50. The average molecular weight is 293 g/mol. The van der Waals surface area contributed by atoms with Crippen molar-refractivity contribution in [1.29, 1.82) is 0 Å². The van der Waals surface area contributed by atoms with Crippen LogP contribution >= 0.6 is 0 Å². The molecule has 0 radical (unpaired) electrons. The summed E-state index contributed by atoms with van der Waals surface area (Å²) in [7, 11) is 1.65. The zero-order chi connectivity index (χ0) is 15.1. The van der Waals surface area contributed by atoms with Crippen LogP contribution in [0.25, 0.3) is 0 Å². The largest absolute Gasteiger partial charge is 0.481 e. The SMILES string of the molecule is COCCOC1CCN(C(=O)C(C)Oc2ccccc2)C1. The van der Waals surface area contributed by atoms with Crippen LogP contribution in [0.4, 0.5) is 0 Å². The van der Waals surface area contributed by atoms with Gasteiger partial charge in [0.15, 0.2) is 6.10 Å². The number of rotatable bonds is 7. The Labute approximate surface area is 125 Å². The van der Waals surface area contributed by atoms with Gasteiger partial charge in [0, 0.05) is 20.2 Å². The number of carbonyl (C=O) groups is 1. The average Bonchev–Trinajstić information content (AvgIpc) is 2.96. The number of hydrogen-bond donors (Lipinski definition) is 0. The normalized spacial score (nSPS) is 19.5. The van der Waals surface area contributed by atoms with Crippen LogP contribution < -0.4 is 4.74 Å². The Balaban J connectivity index is 1.78. The fourth-order valence-electron chi connectivity index (χ4n) is 2.37. The summed E-state index contributed by atoms with van der Waals surface area (Å²) in [5.74, 6) is 0.724. The van der Waals surface area contributed by atoms with E-state index < -0.39 is 6.10 Å². The van der Waals surface area contributed by atoms with Gasteiger partial charge in [-0.15, -0.1) is 0 Å². The highest BCUT2D eigenvalue weighted by molar-refractivity contribution is 5.81. The molecule has 5 nitrogen and oxygen atoms in total. The van der Waals surface area contributed by atoms with Gasteiger partial charge < -0.3 is 19.1 Å². The van der Waals surface area contributed by atoms with Crippen molar-refractivity contribution in [1.82, 2.24) is 4.90 Å². The molecule has 1 saturated heterocycles. The predicted octanol–water partition coefficient (Wildman–Crippen LogP) is 1.72. The maximum Gasteiger partial charge on any atom is 0.263 e. The quantitative estimate of drug-likeness (QED) is 0.718. The van der Waals surface area contributed by atoms with Gasteiger partial charge in [-0.3, -0.25) is 4.79 Å². The Kier molecular flexibility index (Phi) is 6.02. The van der Waals surface area contributed by atoms with E-state index in [1.807, 2.05) is 35.2 Å². The van der Waals surface area contributed by atoms with E-state index in [2.05, 4.69) is 0 Å². The molecule has 2 unspecified atom stereocenters. The summed E-state index contributed by atoms with van der Waals surface area (Å²) in [6.07, 6.45) is 0.492. The van der Waals surface area contributed by atoms with Crippen LogP contribution in [0.15, 0.2) is 30.3 Å². The van der Waals surface area contributed by atoms with Crippen LogP contribution in [-0.2, 0) is 14.3 Å². The molecule has 0 aliphatic carbocycles. The summed E-state index contributed by atoms with van der Waals surface area (Å²) < 4.78 is 16.3. The summed E-state index contributed by atoms with van der Waals surface area (Å²) in [5, 5.41) is 0. The van der Waals surface area contributed by atoms with E-state index >= 15 is 0 Å². The lowest BCUT2D eigenvalue weighted by Crippen LogP contribution is -2.39. The first-order valence-corrected chi connectivity index (χ1v) is 7.31. The van der Waals surface area contributed by atoms with Crippen molar-refractivity contribution in [3.05, 3.63) is 30.3 Å². The molecule has 1 aliphatic heterocycles. The van der Waals surface area contributed by atoms with Crippen LogP contribution in [-0.4, -0.2) is 56.4 Å². The molecule has 0 bridgehead atoms. The number of carbonyl (C=O) groups excluding carboxylic acids is 1. The minimum atomic E-state index is -0.481. The lowest BCUT2D eigenvalue weighted by molar-refractivity contribution is -0.137. The Morgan fingerprint density at radius 3 is 2.81 bits per heavy atom. The van der Waals surface area contributed by atoms with Crippen molar-refractivity contribution in [2.75, 3.05) is 33.4 Å². The zero-order valence-corrected chi connectivity index (χ0v) is 12.7. The van der Waals surface area contributed by atoms with Gasteiger partial charge in [0.25, 0.3) is 5.91 Å². The summed E-state index contributed by atoms with van der Waals surface area (Å²) >= 11 is 0. The molecule has 1 fully saturated rings. The molecule has 21 heavy (non-hydrogen) atoms. The maximum absolute atomic E-state index is 12.3. The first kappa shape index (κ1) is 15.8. The molecule has 0 saturated carbocycles. The second kappa shape index (κ2) is 8.00. The number of hydrogen-bond acceptors (Lipinski definition) is 4. The lowest BCUT2D eigenvalue weighted by Gasteiger charge is -2.21. The number of nitrogens with zero attached hydrogens (tertiary/aromatic N) is 1. The highest BCUT2D eigenvalue weighted by Crippen LogP contribution is 2.16. The van der Waals surface area contributed by atoms with Crippen LogP contribution in [0.5, 0.6) is 5.75 Å². The standard InChI is InChI=1S/C16H23NO4/c1-13(21-14-6-4-3-5-7-14)16(18)17-9-8-15(12-17)20-11-10-19-2/h3-7,13,15H,8-12H2,1-2H3. The Hall–Kier alpha value is -1.59. The van der Waals surface area contributed by atoms with Crippen LogP contribution in [0.1, 0.15) is 13.3 Å². The Morgan fingerprint density at radius 2 is 2.10 bits per heavy atom. The van der Waals surface area contributed by atoms with Gasteiger partial charge >= 0.3 is 0 Å². The van der Waals surface area contributed by atoms with Crippen LogP contribution in [0.3, 0.4) is 0 Å². The van der Waals surface area contributed by atoms with E-state index in [-0.39, 0.29) is 12.0 Å². The van der Waals surface area contributed by atoms with E-state index in [1.165, 1.54) is 0 Å². The molecule has 2 rings (SSSR count). The summed E-state index contributed by atoms with van der Waals surface area (Å²) in [6.45, 7) is 4.29. The van der Waals surface area contributed by atoms with Crippen molar-refractivity contribution in [2.24, 2.45) is 0 Å². The topological polar surface area (TPSA) is 48.0 Å². The van der Waals surface area contributed by atoms with Crippen LogP contribution in [0.2, 0.25) is 0 Å². The highest BCUT2D eigenvalue weighted by atomic mass is 16.5. The van der Waals surface area contributed by atoms with Gasteiger partial charge in [0.05, 0.1) is 19.3 Å². The molecule has 1 aromatic carbocycles. The Morgan fingerprint density at radius 1 is 1.33 bits per heavy atom. The fourth-order valence-corrected chi connectivity index (χ4v) is 2.37. The summed E-state index contributed by atoms with van der Waals surface area (Å²) in [6, 6.07) is 9.40. The molecule has 116 valence electrons. The first-order chi connectivity index (χ1) is 10.2. The predicted molar refractivity (Wildman–Crippen MR) is 79.3 cm³/mol. The fraction of sp³-hybridized carbons (Fsp3) is 0.562. The monoisotopic (exact) mass is 293 g/mol. The molecule has 5 heteroatoms. The third-order valence-electron chi connectivity index (χ3n) is 3.50. The molecule has 0 aromatic heterocycles. The molecule has 0 spiro atoms. The molecular formula is C16H23NO4. The molecule has 1 heterocycles. The second-order valence-electron chi connectivity index (χ2n) is 5.13. The number of ether oxygens (including phenoxy) is 3. The van der Waals surface area contributed by atoms with Gasteiger partial charge in [-0.1, -0.05) is 18.2 Å². The summed E-state index contributed by atoms with van der Waals surface area (Å²) in [5.41, 5.74) is 0. The van der Waals surface area contributed by atoms with Crippen molar-refractivity contribution in [2.45, 2.75) is 25.6 Å². The smallest absolute Gasteiger partial charge is 0.263 e. The van der Waals surface area contributed by atoms with Crippen molar-refractivity contribution < 1.29 is 19.0 Å². The van der Waals surface area contributed by atoms with Gasteiger partial charge in [-0.2, -0.15) is 0 Å². The van der Waals surface area contributed by atoms with E-state index in [0.717, 1.165) is 13.0 Å². The van der Waals surface area contributed by atoms with E-state index in [0.29, 0.717) is 25.5 Å².